The van der Waals surface area contributed by atoms with Gasteiger partial charge >= 0.3 is 0 Å². The van der Waals surface area contributed by atoms with Crippen LogP contribution in [0.3, 0.4) is 0 Å². The van der Waals surface area contributed by atoms with Gasteiger partial charge in [0.25, 0.3) is 0 Å². The Bertz CT molecular complexity index is 358. The summed E-state index contributed by atoms with van der Waals surface area (Å²) >= 11 is 1.94. The molecule has 0 bridgehead atoms. The molecule has 0 aliphatic heterocycles. The Labute approximate surface area is 78.3 Å². The van der Waals surface area contributed by atoms with Gasteiger partial charge < -0.3 is 4.55 Å². The zero-order chi connectivity index (χ0) is 8.48. The molecule has 0 atom stereocenters. The molecule has 5 heteroatoms. The van der Waals surface area contributed by atoms with E-state index in [9.17, 15) is 13.0 Å². The average molecular weight is 283 g/mol. The summed E-state index contributed by atoms with van der Waals surface area (Å²) in [4.78, 5) is -0.176. The van der Waals surface area contributed by atoms with Crippen molar-refractivity contribution in [1.29, 1.82) is 0 Å². The van der Waals surface area contributed by atoms with E-state index in [1.54, 1.807) is 6.07 Å². The number of hydrogen-bond acceptors (Lipinski definition) is 3. The number of rotatable bonds is 1. The van der Waals surface area contributed by atoms with Crippen LogP contribution in [0.15, 0.2) is 29.2 Å². The van der Waals surface area contributed by atoms with Crippen LogP contribution < -0.4 is 0 Å². The van der Waals surface area contributed by atoms with E-state index in [4.69, 9.17) is 0 Å². The molecule has 1 aromatic rings. The molecular formula is C6H4IO3S-. The van der Waals surface area contributed by atoms with Gasteiger partial charge in [-0.2, -0.15) is 0 Å². The SMILES string of the molecule is O=S(=O)([O-])c1cccc(I)c1. The van der Waals surface area contributed by atoms with Crippen molar-refractivity contribution in [2.45, 2.75) is 4.90 Å². The van der Waals surface area contributed by atoms with Crippen LogP contribution in [0.25, 0.3) is 0 Å². The molecule has 0 saturated heterocycles. The molecule has 0 unspecified atom stereocenters. The van der Waals surface area contributed by atoms with Gasteiger partial charge in [0.2, 0.25) is 0 Å². The Morgan fingerprint density at radius 2 is 2.00 bits per heavy atom. The lowest BCUT2D eigenvalue weighted by atomic mass is 10.4. The maximum atomic E-state index is 10.4. The van der Waals surface area contributed by atoms with E-state index in [1.165, 1.54) is 18.2 Å². The van der Waals surface area contributed by atoms with Crippen LogP contribution in [0.4, 0.5) is 0 Å². The molecule has 0 N–H and O–H groups in total. The lowest BCUT2D eigenvalue weighted by molar-refractivity contribution is 0.463. The highest BCUT2D eigenvalue weighted by Gasteiger charge is 1.99. The molecule has 0 saturated carbocycles. The molecule has 0 heterocycles. The first kappa shape index (κ1) is 8.95. The number of benzene rings is 1. The van der Waals surface area contributed by atoms with E-state index in [-0.39, 0.29) is 4.90 Å². The summed E-state index contributed by atoms with van der Waals surface area (Å²) < 4.78 is 32.0. The molecule has 0 fully saturated rings. The van der Waals surface area contributed by atoms with Crippen LogP contribution in [0.2, 0.25) is 0 Å². The summed E-state index contributed by atoms with van der Waals surface area (Å²) in [6.07, 6.45) is 0. The van der Waals surface area contributed by atoms with E-state index in [0.29, 0.717) is 0 Å². The Kier molecular flexibility index (Phi) is 2.50. The van der Waals surface area contributed by atoms with Crippen LogP contribution in [0.1, 0.15) is 0 Å². The summed E-state index contributed by atoms with van der Waals surface area (Å²) in [5.41, 5.74) is 0. The maximum Gasteiger partial charge on any atom is 0.124 e. The standard InChI is InChI=1S/C6H5IO3S/c7-5-2-1-3-6(4-5)11(8,9)10/h1-4H,(H,8,9,10)/p-1. The molecule has 60 valence electrons. The van der Waals surface area contributed by atoms with Gasteiger partial charge in [-0.05, 0) is 40.8 Å². The lowest BCUT2D eigenvalue weighted by Crippen LogP contribution is -1.97. The maximum absolute atomic E-state index is 10.4. The van der Waals surface area contributed by atoms with Crippen molar-refractivity contribution in [3.8, 4) is 0 Å². The highest BCUT2D eigenvalue weighted by atomic mass is 127. The Balaban J connectivity index is 3.28. The summed E-state index contributed by atoms with van der Waals surface area (Å²) in [5, 5.41) is 0. The van der Waals surface area contributed by atoms with E-state index >= 15 is 0 Å². The quantitative estimate of drug-likeness (QED) is 0.574. The van der Waals surface area contributed by atoms with Crippen molar-refractivity contribution in [2.24, 2.45) is 0 Å². The van der Waals surface area contributed by atoms with E-state index in [0.717, 1.165) is 3.57 Å². The minimum absolute atomic E-state index is 0.176. The van der Waals surface area contributed by atoms with Crippen LogP contribution in [0.5, 0.6) is 0 Å². The van der Waals surface area contributed by atoms with Crippen LogP contribution in [0, 0.1) is 3.57 Å². The van der Waals surface area contributed by atoms with Gasteiger partial charge in [-0.15, -0.1) is 0 Å². The zero-order valence-electron chi connectivity index (χ0n) is 5.32. The Morgan fingerprint density at radius 3 is 2.36 bits per heavy atom. The van der Waals surface area contributed by atoms with Gasteiger partial charge in [0.1, 0.15) is 10.1 Å². The zero-order valence-corrected chi connectivity index (χ0v) is 8.29. The van der Waals surface area contributed by atoms with Crippen molar-refractivity contribution in [1.82, 2.24) is 0 Å². The molecule has 0 amide bonds. The molecule has 1 aromatic carbocycles. The fraction of sp³-hybridized carbons (Fsp3) is 0. The molecule has 0 aromatic heterocycles. The molecular weight excluding hydrogens is 279 g/mol. The molecule has 0 aliphatic rings. The Morgan fingerprint density at radius 1 is 1.36 bits per heavy atom. The molecule has 0 spiro atoms. The summed E-state index contributed by atoms with van der Waals surface area (Å²) in [7, 11) is -4.28. The summed E-state index contributed by atoms with van der Waals surface area (Å²) in [5.74, 6) is 0. The van der Waals surface area contributed by atoms with Crippen molar-refractivity contribution >= 4 is 32.7 Å². The molecule has 3 nitrogen and oxygen atoms in total. The van der Waals surface area contributed by atoms with E-state index < -0.39 is 10.1 Å². The average Bonchev–Trinajstić information content (AvgIpc) is 1.86. The van der Waals surface area contributed by atoms with Gasteiger partial charge in [0, 0.05) is 3.57 Å². The fourth-order valence-electron chi connectivity index (χ4n) is 0.623. The third-order valence-corrected chi connectivity index (χ3v) is 2.59. The highest BCUT2D eigenvalue weighted by molar-refractivity contribution is 14.1. The minimum Gasteiger partial charge on any atom is -0.744 e. The van der Waals surface area contributed by atoms with Gasteiger partial charge in [-0.25, -0.2) is 8.42 Å². The highest BCUT2D eigenvalue weighted by Crippen LogP contribution is 2.11. The number of hydrogen-bond donors (Lipinski definition) is 0. The van der Waals surface area contributed by atoms with Crippen LogP contribution in [-0.2, 0) is 10.1 Å². The van der Waals surface area contributed by atoms with Crippen molar-refractivity contribution < 1.29 is 13.0 Å². The second-order valence-corrected chi connectivity index (χ2v) is 4.54. The lowest BCUT2D eigenvalue weighted by Gasteiger charge is -2.05. The fourth-order valence-corrected chi connectivity index (χ4v) is 1.89. The predicted molar refractivity (Wildman–Crippen MR) is 47.1 cm³/mol. The third kappa shape index (κ3) is 2.42. The van der Waals surface area contributed by atoms with Crippen LogP contribution >= 0.6 is 22.6 Å². The van der Waals surface area contributed by atoms with E-state index in [1.807, 2.05) is 22.6 Å². The van der Waals surface area contributed by atoms with Crippen LogP contribution in [-0.4, -0.2) is 13.0 Å². The molecule has 0 aliphatic carbocycles. The smallest absolute Gasteiger partial charge is 0.124 e. The molecule has 0 radical (unpaired) electrons. The minimum atomic E-state index is -4.28. The first-order valence-corrected chi connectivity index (χ1v) is 5.20. The predicted octanol–water partition coefficient (Wildman–Crippen LogP) is 1.20. The van der Waals surface area contributed by atoms with Crippen molar-refractivity contribution in [3.05, 3.63) is 27.8 Å². The monoisotopic (exact) mass is 283 g/mol. The second-order valence-electron chi connectivity index (χ2n) is 1.91. The van der Waals surface area contributed by atoms with E-state index in [2.05, 4.69) is 0 Å². The molecule has 1 rings (SSSR count). The van der Waals surface area contributed by atoms with Gasteiger partial charge in [0.05, 0.1) is 4.90 Å². The topological polar surface area (TPSA) is 57.2 Å². The first-order valence-electron chi connectivity index (χ1n) is 2.71. The summed E-state index contributed by atoms with van der Waals surface area (Å²) in [6, 6.07) is 5.87. The van der Waals surface area contributed by atoms with Gasteiger partial charge in [-0.3, -0.25) is 0 Å². The first-order chi connectivity index (χ1) is 5.00. The van der Waals surface area contributed by atoms with Crippen molar-refractivity contribution in [2.75, 3.05) is 0 Å². The third-order valence-electron chi connectivity index (χ3n) is 1.08. The Hall–Kier alpha value is -0.140. The summed E-state index contributed by atoms with van der Waals surface area (Å²) in [6.45, 7) is 0. The normalized spacial score (nSPS) is 11.5. The largest absolute Gasteiger partial charge is 0.744 e. The second kappa shape index (κ2) is 3.08. The van der Waals surface area contributed by atoms with Gasteiger partial charge in [0.15, 0.2) is 0 Å². The molecule has 11 heavy (non-hydrogen) atoms. The van der Waals surface area contributed by atoms with Crippen molar-refractivity contribution in [3.63, 3.8) is 0 Å². The van der Waals surface area contributed by atoms with Gasteiger partial charge in [-0.1, -0.05) is 6.07 Å². The number of halogens is 1.